The Morgan fingerprint density at radius 1 is 1.09 bits per heavy atom. The standard InChI is InChI=1S/C29H26ClN7O4S2/c1-38-29(22-11-5-6-13-33-22)25(42)41-27(30)17-39-23(18-8-3-2-4-9-18)40-24(27)28(29,19-10-7-12-32-14-19)37-15-20(35-36-37)21-16-43-26(31)34-21/h2-16,23-25,42H,17H2,1H3,(H2,31,34)/t23?,24-,25+,27-,28?,29-/m0/s1. The van der Waals surface area contributed by atoms with Crippen LogP contribution in [0.2, 0.25) is 0 Å². The molecule has 6 atom stereocenters. The molecule has 6 heterocycles. The summed E-state index contributed by atoms with van der Waals surface area (Å²) in [6.45, 7) is -0.0377. The van der Waals surface area contributed by atoms with Crippen LogP contribution in [0.15, 0.2) is 90.8 Å². The Balaban J connectivity index is 1.55. The fourth-order valence-corrected chi connectivity index (χ4v) is 7.68. The largest absolute Gasteiger partial charge is 0.375 e. The van der Waals surface area contributed by atoms with Crippen molar-refractivity contribution in [1.29, 1.82) is 0 Å². The Kier molecular flexibility index (Phi) is 7.21. The van der Waals surface area contributed by atoms with Gasteiger partial charge in [0, 0.05) is 42.2 Å². The first kappa shape index (κ1) is 28.3. The number of halogens is 1. The molecule has 2 saturated heterocycles. The van der Waals surface area contributed by atoms with Gasteiger partial charge in [-0.15, -0.1) is 29.1 Å². The van der Waals surface area contributed by atoms with E-state index in [4.69, 9.17) is 53.9 Å². The van der Waals surface area contributed by atoms with E-state index in [1.54, 1.807) is 36.6 Å². The maximum Gasteiger partial charge on any atom is 0.195 e. The molecule has 1 aromatic carbocycles. The summed E-state index contributed by atoms with van der Waals surface area (Å²) in [6, 6.07) is 18.8. The molecule has 5 aromatic rings. The van der Waals surface area contributed by atoms with Crippen molar-refractivity contribution < 1.29 is 18.9 Å². The zero-order chi connectivity index (χ0) is 29.7. The van der Waals surface area contributed by atoms with Crippen molar-refractivity contribution >= 4 is 40.7 Å². The normalized spacial score (nSPS) is 30.5. The third-order valence-electron chi connectivity index (χ3n) is 7.86. The summed E-state index contributed by atoms with van der Waals surface area (Å²) in [5.74, 6) is 0. The number of benzene rings is 1. The summed E-state index contributed by atoms with van der Waals surface area (Å²) in [4.78, 5) is 13.7. The van der Waals surface area contributed by atoms with E-state index >= 15 is 0 Å². The van der Waals surface area contributed by atoms with Gasteiger partial charge in [-0.3, -0.25) is 9.97 Å². The zero-order valence-corrected chi connectivity index (χ0v) is 25.2. The Bertz CT molecular complexity index is 1720. The lowest BCUT2D eigenvalue weighted by atomic mass is 9.65. The molecule has 7 rings (SSSR count). The van der Waals surface area contributed by atoms with Gasteiger partial charge in [-0.05, 0) is 18.2 Å². The van der Waals surface area contributed by atoms with E-state index in [-0.39, 0.29) is 6.61 Å². The Labute approximate surface area is 261 Å². The molecule has 0 radical (unpaired) electrons. The predicted molar refractivity (Wildman–Crippen MR) is 162 cm³/mol. The van der Waals surface area contributed by atoms with Crippen molar-refractivity contribution in [3.63, 3.8) is 0 Å². The number of nitrogens with two attached hydrogens (primary N) is 1. The number of hydrogen-bond donors (Lipinski definition) is 2. The van der Waals surface area contributed by atoms with E-state index in [9.17, 15) is 0 Å². The molecule has 0 amide bonds. The Hall–Kier alpha value is -3.43. The van der Waals surface area contributed by atoms with Crippen molar-refractivity contribution in [2.75, 3.05) is 19.5 Å². The van der Waals surface area contributed by atoms with Crippen LogP contribution in [0.4, 0.5) is 5.13 Å². The smallest absolute Gasteiger partial charge is 0.195 e. The topological polar surface area (TPSA) is 132 Å². The SMILES string of the molecule is CO[C@@]1(c2ccccn2)[C@@H](S)O[C@@]2(Cl)COC(c3ccccc3)O[C@@H]2C1(c1cccnc1)n1cc(-c2csc(N)n2)nn1. The van der Waals surface area contributed by atoms with Crippen LogP contribution in [0, 0.1) is 0 Å². The molecule has 2 unspecified atom stereocenters. The molecular weight excluding hydrogens is 610 g/mol. The summed E-state index contributed by atoms with van der Waals surface area (Å²) < 4.78 is 27.8. The first-order chi connectivity index (χ1) is 20.9. The number of methoxy groups -OCH3 is 1. The van der Waals surface area contributed by atoms with Crippen LogP contribution < -0.4 is 5.73 Å². The molecule has 2 N–H and O–H groups in total. The lowest BCUT2D eigenvalue weighted by Gasteiger charge is -2.62. The summed E-state index contributed by atoms with van der Waals surface area (Å²) >= 11 is 13.7. The molecule has 2 aliphatic heterocycles. The molecule has 220 valence electrons. The number of alkyl halides is 1. The lowest BCUT2D eigenvalue weighted by Crippen LogP contribution is -2.77. The second-order valence-electron chi connectivity index (χ2n) is 10.1. The Morgan fingerprint density at radius 3 is 2.63 bits per heavy atom. The third-order valence-corrected chi connectivity index (χ3v) is 9.40. The number of nitrogen functional groups attached to an aromatic ring is 1. The minimum absolute atomic E-state index is 0.0377. The van der Waals surface area contributed by atoms with Gasteiger partial charge in [-0.25, -0.2) is 9.67 Å². The van der Waals surface area contributed by atoms with Crippen molar-refractivity contribution in [3.05, 3.63) is 108 Å². The van der Waals surface area contributed by atoms with Crippen LogP contribution >= 0.6 is 35.6 Å². The van der Waals surface area contributed by atoms with Gasteiger partial charge in [0.15, 0.2) is 27.6 Å². The van der Waals surface area contributed by atoms with E-state index in [2.05, 4.69) is 20.3 Å². The average molecular weight is 636 g/mol. The van der Waals surface area contributed by atoms with Crippen LogP contribution in [0.1, 0.15) is 23.1 Å². The molecule has 14 heteroatoms. The number of fused-ring (bicyclic) bond motifs is 1. The Morgan fingerprint density at radius 2 is 1.93 bits per heavy atom. The number of aromatic nitrogens is 6. The predicted octanol–water partition coefficient (Wildman–Crippen LogP) is 4.39. The highest BCUT2D eigenvalue weighted by molar-refractivity contribution is 7.80. The number of pyridine rings is 2. The van der Waals surface area contributed by atoms with E-state index in [1.165, 1.54) is 11.3 Å². The molecule has 0 bridgehead atoms. The summed E-state index contributed by atoms with van der Waals surface area (Å²) in [7, 11) is 1.57. The van der Waals surface area contributed by atoms with Gasteiger partial charge in [0.25, 0.3) is 0 Å². The number of thiol groups is 1. The van der Waals surface area contributed by atoms with Crippen molar-refractivity contribution in [2.24, 2.45) is 0 Å². The minimum atomic E-state index is -1.55. The maximum atomic E-state index is 7.40. The first-order valence-corrected chi connectivity index (χ1v) is 15.1. The van der Waals surface area contributed by atoms with Crippen molar-refractivity contribution in [3.8, 4) is 11.4 Å². The molecule has 0 spiro atoms. The molecule has 0 saturated carbocycles. The summed E-state index contributed by atoms with van der Waals surface area (Å²) in [5.41, 5.74) is 4.96. The molecule has 11 nitrogen and oxygen atoms in total. The van der Waals surface area contributed by atoms with Gasteiger partial charge in [-0.2, -0.15) is 0 Å². The fourth-order valence-electron chi connectivity index (χ4n) is 6.07. The van der Waals surface area contributed by atoms with Crippen LogP contribution in [-0.2, 0) is 30.1 Å². The third kappa shape index (κ3) is 4.30. The fraction of sp³-hybridized carbons (Fsp3) is 0.276. The number of thiazole rings is 1. The van der Waals surface area contributed by atoms with Gasteiger partial charge in [0.05, 0.1) is 18.5 Å². The van der Waals surface area contributed by atoms with Gasteiger partial charge >= 0.3 is 0 Å². The number of ether oxygens (including phenoxy) is 4. The highest BCUT2D eigenvalue weighted by Crippen LogP contribution is 2.61. The second kappa shape index (κ2) is 10.9. The van der Waals surface area contributed by atoms with E-state index in [0.717, 1.165) is 5.56 Å². The van der Waals surface area contributed by atoms with Crippen molar-refractivity contribution in [2.45, 2.75) is 34.0 Å². The molecule has 2 fully saturated rings. The highest BCUT2D eigenvalue weighted by atomic mass is 35.5. The van der Waals surface area contributed by atoms with Crippen LogP contribution in [0.25, 0.3) is 11.4 Å². The summed E-state index contributed by atoms with van der Waals surface area (Å²) in [6.07, 6.45) is 5.02. The minimum Gasteiger partial charge on any atom is -0.375 e. The second-order valence-corrected chi connectivity index (χ2v) is 12.1. The highest BCUT2D eigenvalue weighted by Gasteiger charge is 2.75. The van der Waals surface area contributed by atoms with Gasteiger partial charge in [0.2, 0.25) is 0 Å². The molecule has 2 aliphatic rings. The lowest BCUT2D eigenvalue weighted by molar-refractivity contribution is -0.362. The van der Waals surface area contributed by atoms with Crippen LogP contribution in [0.5, 0.6) is 0 Å². The molecular formula is C29H26ClN7O4S2. The van der Waals surface area contributed by atoms with E-state index < -0.39 is 34.0 Å². The van der Waals surface area contributed by atoms with Crippen LogP contribution in [0.3, 0.4) is 0 Å². The number of rotatable bonds is 6. The molecule has 0 aliphatic carbocycles. The number of anilines is 1. The number of nitrogens with zero attached hydrogens (tertiary/aromatic N) is 6. The molecule has 4 aromatic heterocycles. The first-order valence-electron chi connectivity index (χ1n) is 13.3. The number of hydrogen-bond acceptors (Lipinski definition) is 12. The van der Waals surface area contributed by atoms with E-state index in [0.29, 0.717) is 27.8 Å². The van der Waals surface area contributed by atoms with E-state index in [1.807, 2.05) is 66.0 Å². The van der Waals surface area contributed by atoms with Crippen LogP contribution in [-0.4, -0.2) is 60.3 Å². The van der Waals surface area contributed by atoms with Crippen molar-refractivity contribution in [1.82, 2.24) is 29.9 Å². The van der Waals surface area contributed by atoms with Gasteiger partial charge in [0.1, 0.15) is 22.9 Å². The maximum absolute atomic E-state index is 7.40. The zero-order valence-electron chi connectivity index (χ0n) is 22.7. The summed E-state index contributed by atoms with van der Waals surface area (Å²) in [5, 5.41) is 9.86. The van der Waals surface area contributed by atoms with Gasteiger partial charge < -0.3 is 24.7 Å². The van der Waals surface area contributed by atoms with Gasteiger partial charge in [-0.1, -0.05) is 59.3 Å². The molecule has 43 heavy (non-hydrogen) atoms. The average Bonchev–Trinajstić information content (AvgIpc) is 3.71. The quantitative estimate of drug-likeness (QED) is 0.204. The monoisotopic (exact) mass is 635 g/mol.